The summed E-state index contributed by atoms with van der Waals surface area (Å²) in [7, 11) is -2.56. The van der Waals surface area contributed by atoms with E-state index >= 15 is 0 Å². The SMILES string of the molecule is [2H]C([2H])([2H])OC1(c2ccc(Cl)cc2)CN(c2nc3c(c(NC4CCOCC4)n2)[S@+]([O-])CC3)C1. The third kappa shape index (κ3) is 3.65. The monoisotopic (exact) mass is 451 g/mol. The van der Waals surface area contributed by atoms with Crippen molar-refractivity contribution in [3.8, 4) is 0 Å². The number of aromatic nitrogens is 2. The molecule has 0 spiro atoms. The summed E-state index contributed by atoms with van der Waals surface area (Å²) < 4.78 is 46.7. The van der Waals surface area contributed by atoms with Crippen LogP contribution in [0.5, 0.6) is 0 Å². The second-order valence-corrected chi connectivity index (χ2v) is 9.88. The van der Waals surface area contributed by atoms with Gasteiger partial charge < -0.3 is 24.2 Å². The van der Waals surface area contributed by atoms with Crippen molar-refractivity contribution < 1.29 is 18.1 Å². The largest absolute Gasteiger partial charge is 0.611 e. The molecule has 3 aliphatic heterocycles. The van der Waals surface area contributed by atoms with Crippen molar-refractivity contribution in [1.82, 2.24) is 9.97 Å². The summed E-state index contributed by atoms with van der Waals surface area (Å²) >= 11 is 4.89. The lowest BCUT2D eigenvalue weighted by Gasteiger charge is -2.49. The number of anilines is 2. The molecule has 2 fully saturated rings. The maximum Gasteiger partial charge on any atom is 0.228 e. The number of rotatable bonds is 5. The van der Waals surface area contributed by atoms with Crippen LogP contribution in [-0.2, 0) is 32.7 Å². The van der Waals surface area contributed by atoms with E-state index in [1.165, 1.54) is 0 Å². The van der Waals surface area contributed by atoms with Gasteiger partial charge in [-0.1, -0.05) is 23.7 Å². The van der Waals surface area contributed by atoms with Crippen LogP contribution >= 0.6 is 11.6 Å². The van der Waals surface area contributed by atoms with E-state index in [1.807, 2.05) is 4.90 Å². The molecule has 0 bridgehead atoms. The molecule has 0 saturated carbocycles. The number of hydrogen-bond donors (Lipinski definition) is 1. The number of methoxy groups -OCH3 is 1. The van der Waals surface area contributed by atoms with Crippen molar-refractivity contribution in [2.75, 3.05) is 49.3 Å². The van der Waals surface area contributed by atoms with Crippen LogP contribution in [0.4, 0.5) is 11.8 Å². The summed E-state index contributed by atoms with van der Waals surface area (Å²) in [5, 5.41) is 4.03. The Bertz CT molecular complexity index is 1020. The predicted molar refractivity (Wildman–Crippen MR) is 117 cm³/mol. The molecule has 4 heterocycles. The number of nitrogens with one attached hydrogen (secondary N) is 1. The molecule has 30 heavy (non-hydrogen) atoms. The zero-order valence-corrected chi connectivity index (χ0v) is 18.0. The molecule has 7 nitrogen and oxygen atoms in total. The summed E-state index contributed by atoms with van der Waals surface area (Å²) in [4.78, 5) is 12.0. The summed E-state index contributed by atoms with van der Waals surface area (Å²) in [6, 6.07) is 7.22. The summed E-state index contributed by atoms with van der Waals surface area (Å²) in [5.41, 5.74) is 0.505. The first-order valence-corrected chi connectivity index (χ1v) is 11.8. The van der Waals surface area contributed by atoms with Crippen LogP contribution in [0.3, 0.4) is 0 Å². The van der Waals surface area contributed by atoms with Gasteiger partial charge in [-0.3, -0.25) is 0 Å². The number of hydrogen-bond acceptors (Lipinski definition) is 7. The molecular formula is C21H25ClN4O3S. The fourth-order valence-corrected chi connectivity index (χ4v) is 5.67. The molecule has 1 aromatic carbocycles. The van der Waals surface area contributed by atoms with Crippen molar-refractivity contribution in [3.05, 3.63) is 40.5 Å². The van der Waals surface area contributed by atoms with E-state index in [2.05, 4.69) is 10.3 Å². The average molecular weight is 452 g/mol. The van der Waals surface area contributed by atoms with Gasteiger partial charge in [-0.2, -0.15) is 4.98 Å². The highest BCUT2D eigenvalue weighted by molar-refractivity contribution is 7.91. The number of aryl methyl sites for hydroxylation is 1. The highest BCUT2D eigenvalue weighted by atomic mass is 35.5. The Labute approximate surface area is 188 Å². The second-order valence-electron chi connectivity index (χ2n) is 7.94. The van der Waals surface area contributed by atoms with Crippen LogP contribution in [0.15, 0.2) is 29.2 Å². The van der Waals surface area contributed by atoms with Gasteiger partial charge in [0.25, 0.3) is 0 Å². The first-order chi connectivity index (χ1) is 15.7. The molecule has 0 amide bonds. The minimum absolute atomic E-state index is 0.201. The van der Waals surface area contributed by atoms with Crippen LogP contribution in [0.2, 0.25) is 5.02 Å². The zero-order valence-electron chi connectivity index (χ0n) is 19.4. The van der Waals surface area contributed by atoms with Crippen LogP contribution in [0.1, 0.15) is 28.2 Å². The summed E-state index contributed by atoms with van der Waals surface area (Å²) in [6.07, 6.45) is 2.34. The van der Waals surface area contributed by atoms with Gasteiger partial charge in [-0.05, 0) is 41.7 Å². The molecular weight excluding hydrogens is 424 g/mol. The Morgan fingerprint density at radius 2 is 2.07 bits per heavy atom. The summed E-state index contributed by atoms with van der Waals surface area (Å²) in [6.45, 7) is 1.93. The highest BCUT2D eigenvalue weighted by Gasteiger charge is 2.47. The Morgan fingerprint density at radius 3 is 2.80 bits per heavy atom. The molecule has 1 N–H and O–H groups in total. The van der Waals surface area contributed by atoms with E-state index in [1.54, 1.807) is 24.3 Å². The lowest BCUT2D eigenvalue weighted by molar-refractivity contribution is -0.0390. The van der Waals surface area contributed by atoms with Gasteiger partial charge in [0.05, 0.1) is 17.2 Å². The van der Waals surface area contributed by atoms with E-state index in [0.29, 0.717) is 47.1 Å². The minimum Gasteiger partial charge on any atom is -0.611 e. The van der Waals surface area contributed by atoms with Gasteiger partial charge in [-0.25, -0.2) is 4.98 Å². The lowest BCUT2D eigenvalue weighted by Crippen LogP contribution is -2.61. The molecule has 5 rings (SSSR count). The van der Waals surface area contributed by atoms with Gasteiger partial charge in [0.2, 0.25) is 10.8 Å². The van der Waals surface area contributed by atoms with E-state index in [0.717, 1.165) is 24.1 Å². The fourth-order valence-electron chi connectivity index (χ4n) is 4.23. The number of ether oxygens (including phenoxy) is 2. The van der Waals surface area contributed by atoms with Crippen molar-refractivity contribution >= 4 is 34.5 Å². The van der Waals surface area contributed by atoms with E-state index in [4.69, 9.17) is 30.2 Å². The molecule has 160 valence electrons. The molecule has 2 aromatic rings. The van der Waals surface area contributed by atoms with Crippen LogP contribution in [-0.4, -0.2) is 59.7 Å². The normalized spacial score (nSPS) is 25.1. The average Bonchev–Trinajstić information content (AvgIpc) is 3.12. The first kappa shape index (κ1) is 17.0. The predicted octanol–water partition coefficient (Wildman–Crippen LogP) is 2.75. The molecule has 1 atom stereocenters. The molecule has 0 unspecified atom stereocenters. The van der Waals surface area contributed by atoms with Crippen molar-refractivity contribution in [3.63, 3.8) is 0 Å². The molecule has 2 saturated heterocycles. The molecule has 1 aromatic heterocycles. The highest BCUT2D eigenvalue weighted by Crippen LogP contribution is 2.40. The maximum absolute atomic E-state index is 12.6. The Balaban J connectivity index is 1.42. The van der Waals surface area contributed by atoms with E-state index < -0.39 is 23.8 Å². The van der Waals surface area contributed by atoms with Gasteiger partial charge in [-0.15, -0.1) is 0 Å². The third-order valence-corrected chi connectivity index (χ3v) is 7.69. The first-order valence-electron chi connectivity index (χ1n) is 11.6. The number of fused-ring (bicyclic) bond motifs is 1. The second kappa shape index (κ2) is 8.16. The van der Waals surface area contributed by atoms with E-state index in [9.17, 15) is 4.55 Å². The maximum atomic E-state index is 12.6. The smallest absolute Gasteiger partial charge is 0.228 e. The standard InChI is InChI=1S/C21H25ClN4O3S/c1-28-21(14-2-4-15(22)5-3-14)12-26(13-21)20-24-17-8-11-30(27)18(17)19(25-20)23-16-6-9-29-10-7-16/h2-5,16H,6-13H2,1H3,(H,23,24,25)/t30-/m1/s1/i1D3. The molecule has 9 heteroatoms. The van der Waals surface area contributed by atoms with Gasteiger partial charge in [0, 0.05) is 37.7 Å². The van der Waals surface area contributed by atoms with Crippen molar-refractivity contribution in [1.29, 1.82) is 0 Å². The lowest BCUT2D eigenvalue weighted by atomic mass is 9.86. The van der Waals surface area contributed by atoms with E-state index in [-0.39, 0.29) is 19.1 Å². The van der Waals surface area contributed by atoms with Crippen molar-refractivity contribution in [2.24, 2.45) is 0 Å². The van der Waals surface area contributed by atoms with Crippen LogP contribution < -0.4 is 10.2 Å². The van der Waals surface area contributed by atoms with Crippen LogP contribution in [0.25, 0.3) is 0 Å². The topological polar surface area (TPSA) is 82.6 Å². The summed E-state index contributed by atoms with van der Waals surface area (Å²) in [5.74, 6) is 1.63. The zero-order chi connectivity index (χ0) is 23.2. The molecule has 3 aliphatic rings. The Kier molecular flexibility index (Phi) is 4.63. The number of nitrogens with zero attached hydrogens (tertiary/aromatic N) is 3. The van der Waals surface area contributed by atoms with Gasteiger partial charge in [0.15, 0.2) is 5.82 Å². The molecule has 0 aliphatic carbocycles. The van der Waals surface area contributed by atoms with Gasteiger partial charge >= 0.3 is 0 Å². The quantitative estimate of drug-likeness (QED) is 0.700. The van der Waals surface area contributed by atoms with Crippen LogP contribution in [0, 0.1) is 0 Å². The Morgan fingerprint density at radius 1 is 1.30 bits per heavy atom. The minimum atomic E-state index is -2.56. The number of benzene rings is 1. The Hall–Kier alpha value is -1.58. The third-order valence-electron chi connectivity index (χ3n) is 5.98. The van der Waals surface area contributed by atoms with Gasteiger partial charge in [0.1, 0.15) is 17.0 Å². The number of halogens is 1. The molecule has 0 radical (unpaired) electrons. The van der Waals surface area contributed by atoms with Crippen molar-refractivity contribution in [2.45, 2.75) is 35.8 Å². The fraction of sp³-hybridized carbons (Fsp3) is 0.524.